The van der Waals surface area contributed by atoms with Gasteiger partial charge in [-0.05, 0) is 24.8 Å². The second-order valence-corrected chi connectivity index (χ2v) is 5.46. The standard InChI is InChI=1S/C16H25NO/c1-13(2)8-7-9-14(3)17-16(18)12-15-10-5-4-6-11-15/h4-6,10-11,13-14H,7-9,12H2,1-3H3,(H,17,18). The summed E-state index contributed by atoms with van der Waals surface area (Å²) >= 11 is 0. The Hall–Kier alpha value is -1.31. The van der Waals surface area contributed by atoms with Crippen molar-refractivity contribution in [1.29, 1.82) is 0 Å². The highest BCUT2D eigenvalue weighted by Crippen LogP contribution is 2.08. The number of rotatable bonds is 7. The average Bonchev–Trinajstić information content (AvgIpc) is 2.29. The summed E-state index contributed by atoms with van der Waals surface area (Å²) in [7, 11) is 0. The summed E-state index contributed by atoms with van der Waals surface area (Å²) < 4.78 is 0. The lowest BCUT2D eigenvalue weighted by Crippen LogP contribution is -2.33. The van der Waals surface area contributed by atoms with E-state index in [1.165, 1.54) is 12.8 Å². The molecule has 1 N–H and O–H groups in total. The zero-order chi connectivity index (χ0) is 13.4. The van der Waals surface area contributed by atoms with E-state index in [2.05, 4.69) is 26.1 Å². The highest BCUT2D eigenvalue weighted by Gasteiger charge is 2.08. The summed E-state index contributed by atoms with van der Waals surface area (Å²) in [5.41, 5.74) is 1.07. The van der Waals surface area contributed by atoms with Gasteiger partial charge in [0.15, 0.2) is 0 Å². The van der Waals surface area contributed by atoms with E-state index in [1.54, 1.807) is 0 Å². The molecule has 0 spiro atoms. The zero-order valence-electron chi connectivity index (χ0n) is 11.8. The fourth-order valence-corrected chi connectivity index (χ4v) is 2.01. The third-order valence-corrected chi connectivity index (χ3v) is 3.03. The fraction of sp³-hybridized carbons (Fsp3) is 0.562. The molecule has 1 unspecified atom stereocenters. The Morgan fingerprint density at radius 2 is 1.78 bits per heavy atom. The van der Waals surface area contributed by atoms with Gasteiger partial charge in [-0.25, -0.2) is 0 Å². The summed E-state index contributed by atoms with van der Waals surface area (Å²) in [6.07, 6.45) is 3.97. The van der Waals surface area contributed by atoms with Crippen molar-refractivity contribution in [3.05, 3.63) is 35.9 Å². The Morgan fingerprint density at radius 3 is 2.39 bits per heavy atom. The van der Waals surface area contributed by atoms with E-state index in [0.717, 1.165) is 17.9 Å². The van der Waals surface area contributed by atoms with Gasteiger partial charge in [0, 0.05) is 6.04 Å². The number of nitrogens with one attached hydrogen (secondary N) is 1. The highest BCUT2D eigenvalue weighted by molar-refractivity contribution is 5.78. The summed E-state index contributed by atoms with van der Waals surface area (Å²) in [5, 5.41) is 3.06. The van der Waals surface area contributed by atoms with Crippen molar-refractivity contribution in [2.75, 3.05) is 0 Å². The van der Waals surface area contributed by atoms with Gasteiger partial charge in [0.25, 0.3) is 0 Å². The van der Waals surface area contributed by atoms with Crippen LogP contribution in [0.25, 0.3) is 0 Å². The smallest absolute Gasteiger partial charge is 0.224 e. The second kappa shape index (κ2) is 7.91. The minimum absolute atomic E-state index is 0.123. The number of hydrogen-bond acceptors (Lipinski definition) is 1. The van der Waals surface area contributed by atoms with E-state index < -0.39 is 0 Å². The van der Waals surface area contributed by atoms with Crippen molar-refractivity contribution in [2.24, 2.45) is 5.92 Å². The van der Waals surface area contributed by atoms with Crippen LogP contribution in [0.2, 0.25) is 0 Å². The molecule has 0 radical (unpaired) electrons. The van der Waals surface area contributed by atoms with Gasteiger partial charge in [-0.3, -0.25) is 4.79 Å². The van der Waals surface area contributed by atoms with E-state index in [1.807, 2.05) is 30.3 Å². The maximum atomic E-state index is 11.8. The molecule has 0 heterocycles. The third kappa shape index (κ3) is 6.43. The lowest BCUT2D eigenvalue weighted by molar-refractivity contribution is -0.121. The normalized spacial score (nSPS) is 12.4. The first-order chi connectivity index (χ1) is 8.58. The molecule has 0 bridgehead atoms. The van der Waals surface area contributed by atoms with Crippen LogP contribution < -0.4 is 5.32 Å². The van der Waals surface area contributed by atoms with Crippen LogP contribution in [0.15, 0.2) is 30.3 Å². The van der Waals surface area contributed by atoms with Crippen LogP contribution in [-0.4, -0.2) is 11.9 Å². The van der Waals surface area contributed by atoms with Gasteiger partial charge in [0.05, 0.1) is 6.42 Å². The van der Waals surface area contributed by atoms with Crippen molar-refractivity contribution in [2.45, 2.75) is 52.5 Å². The summed E-state index contributed by atoms with van der Waals surface area (Å²) in [6.45, 7) is 6.56. The Morgan fingerprint density at radius 1 is 1.11 bits per heavy atom. The minimum atomic E-state index is 0.123. The largest absolute Gasteiger partial charge is 0.353 e. The predicted molar refractivity (Wildman–Crippen MR) is 76.4 cm³/mol. The molecule has 1 amide bonds. The van der Waals surface area contributed by atoms with Gasteiger partial charge in [-0.1, -0.05) is 57.0 Å². The first-order valence-electron chi connectivity index (χ1n) is 6.91. The lowest BCUT2D eigenvalue weighted by atomic mass is 10.0. The van der Waals surface area contributed by atoms with E-state index >= 15 is 0 Å². The minimum Gasteiger partial charge on any atom is -0.353 e. The van der Waals surface area contributed by atoms with Gasteiger partial charge in [0.1, 0.15) is 0 Å². The molecule has 0 aliphatic heterocycles. The molecular weight excluding hydrogens is 222 g/mol. The molecule has 0 fully saturated rings. The maximum Gasteiger partial charge on any atom is 0.224 e. The molecular formula is C16H25NO. The van der Waals surface area contributed by atoms with Gasteiger partial charge in [-0.15, -0.1) is 0 Å². The number of carbonyl (C=O) groups excluding carboxylic acids is 1. The van der Waals surface area contributed by atoms with Crippen molar-refractivity contribution in [1.82, 2.24) is 5.32 Å². The topological polar surface area (TPSA) is 29.1 Å². The van der Waals surface area contributed by atoms with Crippen molar-refractivity contribution < 1.29 is 4.79 Å². The number of hydrogen-bond donors (Lipinski definition) is 1. The molecule has 0 saturated heterocycles. The SMILES string of the molecule is CC(C)CCCC(C)NC(=O)Cc1ccccc1. The molecule has 2 heteroatoms. The van der Waals surface area contributed by atoms with Crippen molar-refractivity contribution >= 4 is 5.91 Å². The molecule has 1 atom stereocenters. The van der Waals surface area contributed by atoms with Crippen LogP contribution in [0.5, 0.6) is 0 Å². The van der Waals surface area contributed by atoms with Crippen LogP contribution in [0.3, 0.4) is 0 Å². The molecule has 0 aromatic heterocycles. The van der Waals surface area contributed by atoms with E-state index in [9.17, 15) is 4.79 Å². The van der Waals surface area contributed by atoms with Gasteiger partial charge in [-0.2, -0.15) is 0 Å². The first-order valence-corrected chi connectivity index (χ1v) is 6.91. The van der Waals surface area contributed by atoms with E-state index in [0.29, 0.717) is 6.42 Å². The lowest BCUT2D eigenvalue weighted by Gasteiger charge is -2.14. The molecule has 1 rings (SSSR count). The van der Waals surface area contributed by atoms with Crippen LogP contribution in [0.4, 0.5) is 0 Å². The number of amides is 1. The van der Waals surface area contributed by atoms with Gasteiger partial charge >= 0.3 is 0 Å². The molecule has 0 aliphatic carbocycles. The molecule has 2 nitrogen and oxygen atoms in total. The predicted octanol–water partition coefficient (Wildman–Crippen LogP) is 3.56. The van der Waals surface area contributed by atoms with Gasteiger partial charge < -0.3 is 5.32 Å². The molecule has 100 valence electrons. The van der Waals surface area contributed by atoms with E-state index in [4.69, 9.17) is 0 Å². The molecule has 0 aliphatic rings. The van der Waals surface area contributed by atoms with Crippen molar-refractivity contribution in [3.63, 3.8) is 0 Å². The van der Waals surface area contributed by atoms with Crippen LogP contribution >= 0.6 is 0 Å². The average molecular weight is 247 g/mol. The molecule has 0 saturated carbocycles. The van der Waals surface area contributed by atoms with Crippen LogP contribution in [0.1, 0.15) is 45.6 Å². The number of benzene rings is 1. The van der Waals surface area contributed by atoms with Crippen LogP contribution in [0, 0.1) is 5.92 Å². The molecule has 18 heavy (non-hydrogen) atoms. The Kier molecular flexibility index (Phi) is 6.48. The fourth-order valence-electron chi connectivity index (χ4n) is 2.01. The molecule has 1 aromatic carbocycles. The van der Waals surface area contributed by atoms with Crippen LogP contribution in [-0.2, 0) is 11.2 Å². The Labute approximate surface area is 111 Å². The van der Waals surface area contributed by atoms with E-state index in [-0.39, 0.29) is 11.9 Å². The Balaban J connectivity index is 2.23. The monoisotopic (exact) mass is 247 g/mol. The zero-order valence-corrected chi connectivity index (χ0v) is 11.8. The summed E-state index contributed by atoms with van der Waals surface area (Å²) in [5.74, 6) is 0.871. The number of carbonyl (C=O) groups is 1. The first kappa shape index (κ1) is 14.7. The third-order valence-electron chi connectivity index (χ3n) is 3.03. The second-order valence-electron chi connectivity index (χ2n) is 5.46. The Bertz CT molecular complexity index is 345. The van der Waals surface area contributed by atoms with Crippen molar-refractivity contribution in [3.8, 4) is 0 Å². The molecule has 1 aromatic rings. The highest BCUT2D eigenvalue weighted by atomic mass is 16.1. The summed E-state index contributed by atoms with van der Waals surface area (Å²) in [4.78, 5) is 11.8. The quantitative estimate of drug-likeness (QED) is 0.784. The summed E-state index contributed by atoms with van der Waals surface area (Å²) in [6, 6.07) is 10.2. The maximum absolute atomic E-state index is 11.8. The van der Waals surface area contributed by atoms with Gasteiger partial charge in [0.2, 0.25) is 5.91 Å².